The highest BCUT2D eigenvalue weighted by Gasteiger charge is 2.39. The molecular weight excluding hydrogens is 378 g/mol. The topological polar surface area (TPSA) is 98.8 Å². The van der Waals surface area contributed by atoms with Crippen molar-refractivity contribution < 1.29 is 27.5 Å². The Balaban J connectivity index is 2.37. The first kappa shape index (κ1) is 20.3. The molecule has 26 heavy (non-hydrogen) atoms. The van der Waals surface area contributed by atoms with E-state index in [1.165, 1.54) is 12.1 Å². The average molecular weight is 399 g/mol. The highest BCUT2D eigenvalue weighted by molar-refractivity contribution is 8.04. The third-order valence-corrected chi connectivity index (χ3v) is 6.22. The lowest BCUT2D eigenvalue weighted by molar-refractivity contribution is -0.149. The average Bonchev–Trinajstić information content (AvgIpc) is 2.98. The Morgan fingerprint density at radius 3 is 2.35 bits per heavy atom. The SMILES string of the molecule is CCOC(=O)C1=C(NS(=O)(=O)c2ccc(C)cc2)SCC1C(=O)OCC. The Morgan fingerprint density at radius 2 is 1.77 bits per heavy atom. The van der Waals surface area contributed by atoms with Gasteiger partial charge in [-0.1, -0.05) is 17.7 Å². The van der Waals surface area contributed by atoms with Gasteiger partial charge in [-0.3, -0.25) is 9.52 Å². The van der Waals surface area contributed by atoms with Crippen LogP contribution in [0.4, 0.5) is 0 Å². The molecule has 2 rings (SSSR count). The second kappa shape index (κ2) is 8.59. The summed E-state index contributed by atoms with van der Waals surface area (Å²) >= 11 is 1.08. The molecule has 1 aromatic rings. The summed E-state index contributed by atoms with van der Waals surface area (Å²) in [5.74, 6) is -1.96. The summed E-state index contributed by atoms with van der Waals surface area (Å²) in [5, 5.41) is 0.0991. The van der Waals surface area contributed by atoms with Crippen LogP contribution in [0.25, 0.3) is 0 Å². The molecule has 142 valence electrons. The van der Waals surface area contributed by atoms with Gasteiger partial charge < -0.3 is 9.47 Å². The van der Waals surface area contributed by atoms with Crippen molar-refractivity contribution in [1.29, 1.82) is 0 Å². The zero-order valence-electron chi connectivity index (χ0n) is 14.8. The molecule has 0 radical (unpaired) electrons. The van der Waals surface area contributed by atoms with Gasteiger partial charge in [0.25, 0.3) is 10.0 Å². The minimum atomic E-state index is -3.89. The molecule has 1 N–H and O–H groups in total. The van der Waals surface area contributed by atoms with E-state index >= 15 is 0 Å². The third kappa shape index (κ3) is 4.59. The Morgan fingerprint density at radius 1 is 1.15 bits per heavy atom. The maximum Gasteiger partial charge on any atom is 0.337 e. The van der Waals surface area contributed by atoms with E-state index in [1.807, 2.05) is 6.92 Å². The Hall–Kier alpha value is -2.00. The summed E-state index contributed by atoms with van der Waals surface area (Å²) in [6.45, 7) is 5.42. The summed E-state index contributed by atoms with van der Waals surface area (Å²) in [5.41, 5.74) is 0.916. The van der Waals surface area contributed by atoms with Gasteiger partial charge in [-0.15, -0.1) is 11.8 Å². The molecule has 0 saturated heterocycles. The van der Waals surface area contributed by atoms with E-state index in [-0.39, 0.29) is 34.5 Å². The fourth-order valence-electron chi connectivity index (χ4n) is 2.34. The predicted octanol–water partition coefficient (Wildman–Crippen LogP) is 1.97. The number of hydrogen-bond donors (Lipinski definition) is 1. The molecule has 1 aliphatic heterocycles. The summed E-state index contributed by atoms with van der Waals surface area (Å²) < 4.78 is 37.6. The van der Waals surface area contributed by atoms with Gasteiger partial charge in [0.15, 0.2) is 0 Å². The molecule has 1 aliphatic rings. The maximum atomic E-state index is 12.6. The van der Waals surface area contributed by atoms with Crippen LogP contribution in [-0.2, 0) is 29.1 Å². The second-order valence-corrected chi connectivity index (χ2v) is 8.21. The minimum Gasteiger partial charge on any atom is -0.465 e. The first-order valence-electron chi connectivity index (χ1n) is 8.10. The largest absolute Gasteiger partial charge is 0.465 e. The quantitative estimate of drug-likeness (QED) is 0.700. The van der Waals surface area contributed by atoms with Crippen molar-refractivity contribution in [2.45, 2.75) is 25.7 Å². The van der Waals surface area contributed by atoms with Crippen molar-refractivity contribution in [2.24, 2.45) is 5.92 Å². The van der Waals surface area contributed by atoms with Crippen molar-refractivity contribution in [1.82, 2.24) is 4.72 Å². The number of hydrogen-bond acceptors (Lipinski definition) is 7. The maximum absolute atomic E-state index is 12.6. The zero-order valence-corrected chi connectivity index (χ0v) is 16.4. The van der Waals surface area contributed by atoms with E-state index in [9.17, 15) is 18.0 Å². The Labute approximate surface area is 157 Å². The van der Waals surface area contributed by atoms with Gasteiger partial charge in [-0.05, 0) is 32.9 Å². The van der Waals surface area contributed by atoms with Gasteiger partial charge in [0, 0.05) is 5.75 Å². The van der Waals surface area contributed by atoms with Crippen molar-refractivity contribution in [3.05, 3.63) is 40.4 Å². The number of carbonyl (C=O) groups excluding carboxylic acids is 2. The molecule has 1 atom stereocenters. The van der Waals surface area contributed by atoms with Gasteiger partial charge >= 0.3 is 11.9 Å². The van der Waals surface area contributed by atoms with Crippen molar-refractivity contribution in [2.75, 3.05) is 19.0 Å². The molecule has 9 heteroatoms. The number of rotatable bonds is 7. The Kier molecular flexibility index (Phi) is 6.71. The molecule has 0 amide bonds. The molecule has 0 aromatic heterocycles. The van der Waals surface area contributed by atoms with E-state index in [1.54, 1.807) is 26.0 Å². The van der Waals surface area contributed by atoms with Crippen LogP contribution in [0.2, 0.25) is 0 Å². The van der Waals surface area contributed by atoms with E-state index in [2.05, 4.69) is 4.72 Å². The Bertz CT molecular complexity index is 814. The third-order valence-electron chi connectivity index (χ3n) is 3.61. The zero-order chi connectivity index (χ0) is 19.3. The van der Waals surface area contributed by atoms with Crippen LogP contribution >= 0.6 is 11.8 Å². The summed E-state index contributed by atoms with van der Waals surface area (Å²) in [7, 11) is -3.89. The number of benzene rings is 1. The first-order chi connectivity index (χ1) is 12.3. The number of aryl methyl sites for hydroxylation is 1. The standard InChI is InChI=1S/C17H21NO6S2/c1-4-23-16(19)13-10-25-15(14(13)17(20)24-5-2)18-26(21,22)12-8-6-11(3)7-9-12/h6-9,13,18H,4-5,10H2,1-3H3. The van der Waals surface area contributed by atoms with E-state index in [0.29, 0.717) is 0 Å². The molecule has 0 bridgehead atoms. The van der Waals surface area contributed by atoms with E-state index < -0.39 is 27.9 Å². The molecule has 1 unspecified atom stereocenters. The van der Waals surface area contributed by atoms with Gasteiger partial charge in [0.05, 0.1) is 28.7 Å². The summed E-state index contributed by atoms with van der Waals surface area (Å²) in [6, 6.07) is 6.31. The summed E-state index contributed by atoms with van der Waals surface area (Å²) in [6.07, 6.45) is 0. The highest BCUT2D eigenvalue weighted by atomic mass is 32.2. The van der Waals surface area contributed by atoms with Gasteiger partial charge in [-0.2, -0.15) is 0 Å². The number of carbonyl (C=O) groups is 2. The molecule has 0 spiro atoms. The number of thioether (sulfide) groups is 1. The molecule has 1 aromatic carbocycles. The van der Waals surface area contributed by atoms with Crippen LogP contribution in [-0.4, -0.2) is 39.3 Å². The van der Waals surface area contributed by atoms with Crippen LogP contribution < -0.4 is 4.72 Å². The van der Waals surface area contributed by atoms with Gasteiger partial charge in [0.1, 0.15) is 5.92 Å². The van der Waals surface area contributed by atoms with Crippen molar-refractivity contribution >= 4 is 33.7 Å². The monoisotopic (exact) mass is 399 g/mol. The lowest BCUT2D eigenvalue weighted by Crippen LogP contribution is -2.28. The number of nitrogens with one attached hydrogen (secondary N) is 1. The van der Waals surface area contributed by atoms with Crippen molar-refractivity contribution in [3.63, 3.8) is 0 Å². The number of esters is 2. The molecule has 0 saturated carbocycles. The summed E-state index contributed by atoms with van der Waals surface area (Å²) in [4.78, 5) is 24.5. The van der Waals surface area contributed by atoms with Gasteiger partial charge in [0.2, 0.25) is 0 Å². The first-order valence-corrected chi connectivity index (χ1v) is 10.6. The molecule has 0 fully saturated rings. The second-order valence-electron chi connectivity index (χ2n) is 5.50. The fourth-order valence-corrected chi connectivity index (χ4v) is 4.89. The van der Waals surface area contributed by atoms with E-state index in [0.717, 1.165) is 17.3 Å². The fraction of sp³-hybridized carbons (Fsp3) is 0.412. The normalized spacial score (nSPS) is 17.1. The van der Waals surface area contributed by atoms with Crippen LogP contribution in [0, 0.1) is 12.8 Å². The lowest BCUT2D eigenvalue weighted by Gasteiger charge is -2.13. The van der Waals surface area contributed by atoms with Crippen LogP contribution in [0.15, 0.2) is 39.8 Å². The van der Waals surface area contributed by atoms with Crippen LogP contribution in [0.3, 0.4) is 0 Å². The highest BCUT2D eigenvalue weighted by Crippen LogP contribution is 2.37. The number of sulfonamides is 1. The predicted molar refractivity (Wildman–Crippen MR) is 97.7 cm³/mol. The number of ether oxygens (including phenoxy) is 2. The van der Waals surface area contributed by atoms with Crippen LogP contribution in [0.5, 0.6) is 0 Å². The minimum absolute atomic E-state index is 0.00835. The smallest absolute Gasteiger partial charge is 0.337 e. The van der Waals surface area contributed by atoms with Crippen LogP contribution in [0.1, 0.15) is 19.4 Å². The lowest BCUT2D eigenvalue weighted by atomic mass is 10.0. The molecule has 0 aliphatic carbocycles. The van der Waals surface area contributed by atoms with Crippen molar-refractivity contribution in [3.8, 4) is 0 Å². The molecule has 7 nitrogen and oxygen atoms in total. The van der Waals surface area contributed by atoms with E-state index in [4.69, 9.17) is 9.47 Å². The molecular formula is C17H21NO6S2. The van der Waals surface area contributed by atoms with Gasteiger partial charge in [-0.25, -0.2) is 13.2 Å². The molecule has 1 heterocycles.